The van der Waals surface area contributed by atoms with E-state index in [4.69, 9.17) is 4.74 Å². The number of anilines is 1. The first kappa shape index (κ1) is 13.8. The standard InChI is InChI=1S/C14H20BrNO2/c1-10(17)12-5-4-11(15)8-13(12)16-6-7-18-14(2,3)9-16/h4-5,8,10,17H,6-7,9H2,1-3H3. The van der Waals surface area contributed by atoms with E-state index < -0.39 is 6.10 Å². The summed E-state index contributed by atoms with van der Waals surface area (Å²) in [6.45, 7) is 8.41. The van der Waals surface area contributed by atoms with Gasteiger partial charge in [0.2, 0.25) is 0 Å². The fourth-order valence-corrected chi connectivity index (χ4v) is 2.72. The largest absolute Gasteiger partial charge is 0.389 e. The van der Waals surface area contributed by atoms with Crippen molar-refractivity contribution in [3.8, 4) is 0 Å². The molecule has 0 radical (unpaired) electrons. The lowest BCUT2D eigenvalue weighted by Crippen LogP contribution is -2.48. The molecule has 1 N–H and O–H groups in total. The third-order valence-electron chi connectivity index (χ3n) is 3.21. The Kier molecular flexibility index (Phi) is 3.99. The molecule has 1 heterocycles. The SMILES string of the molecule is CC(O)c1ccc(Br)cc1N1CCOC(C)(C)C1. The van der Waals surface area contributed by atoms with E-state index in [9.17, 15) is 5.11 Å². The van der Waals surface area contributed by atoms with Gasteiger partial charge in [0, 0.05) is 28.8 Å². The van der Waals surface area contributed by atoms with Crippen molar-refractivity contribution in [3.63, 3.8) is 0 Å². The molecule has 18 heavy (non-hydrogen) atoms. The van der Waals surface area contributed by atoms with E-state index in [1.807, 2.05) is 12.1 Å². The Bertz CT molecular complexity index is 432. The Hall–Kier alpha value is -0.580. The molecule has 4 heteroatoms. The first-order chi connectivity index (χ1) is 8.39. The zero-order chi connectivity index (χ0) is 13.3. The zero-order valence-corrected chi connectivity index (χ0v) is 12.7. The lowest BCUT2D eigenvalue weighted by molar-refractivity contribution is -0.0278. The van der Waals surface area contributed by atoms with Crippen LogP contribution in [0.1, 0.15) is 32.4 Å². The van der Waals surface area contributed by atoms with Crippen molar-refractivity contribution in [2.24, 2.45) is 0 Å². The summed E-state index contributed by atoms with van der Waals surface area (Å²) < 4.78 is 6.77. The molecule has 1 unspecified atom stereocenters. The molecule has 100 valence electrons. The number of morpholine rings is 1. The van der Waals surface area contributed by atoms with Gasteiger partial charge in [0.25, 0.3) is 0 Å². The molecule has 1 aromatic rings. The molecule has 1 aromatic carbocycles. The van der Waals surface area contributed by atoms with Gasteiger partial charge < -0.3 is 14.7 Å². The van der Waals surface area contributed by atoms with Crippen LogP contribution < -0.4 is 4.90 Å². The van der Waals surface area contributed by atoms with E-state index in [2.05, 4.69) is 40.7 Å². The average Bonchev–Trinajstić information content (AvgIpc) is 2.27. The summed E-state index contributed by atoms with van der Waals surface area (Å²) in [5, 5.41) is 9.88. The van der Waals surface area contributed by atoms with Gasteiger partial charge in [0.15, 0.2) is 0 Å². The van der Waals surface area contributed by atoms with Gasteiger partial charge in [-0.2, -0.15) is 0 Å². The number of halogens is 1. The third kappa shape index (κ3) is 3.05. The predicted molar refractivity (Wildman–Crippen MR) is 77.0 cm³/mol. The number of benzene rings is 1. The third-order valence-corrected chi connectivity index (χ3v) is 3.70. The smallest absolute Gasteiger partial charge is 0.0801 e. The summed E-state index contributed by atoms with van der Waals surface area (Å²) in [6, 6.07) is 6.02. The number of nitrogens with zero attached hydrogens (tertiary/aromatic N) is 1. The molecule has 1 saturated heterocycles. The Morgan fingerprint density at radius 1 is 1.44 bits per heavy atom. The van der Waals surface area contributed by atoms with Crippen LogP contribution >= 0.6 is 15.9 Å². The lowest BCUT2D eigenvalue weighted by Gasteiger charge is -2.40. The predicted octanol–water partition coefficient (Wildman–Crippen LogP) is 3.12. The van der Waals surface area contributed by atoms with Crippen LogP contribution in [0.2, 0.25) is 0 Å². The second-order valence-corrected chi connectivity index (χ2v) is 6.32. The topological polar surface area (TPSA) is 32.7 Å². The maximum atomic E-state index is 9.88. The number of hydrogen-bond donors (Lipinski definition) is 1. The molecule has 1 aliphatic heterocycles. The molecule has 0 amide bonds. The minimum Gasteiger partial charge on any atom is -0.389 e. The van der Waals surface area contributed by atoms with Crippen LogP contribution in [0.5, 0.6) is 0 Å². The van der Waals surface area contributed by atoms with Crippen molar-refractivity contribution in [2.75, 3.05) is 24.6 Å². The molecule has 1 atom stereocenters. The lowest BCUT2D eigenvalue weighted by atomic mass is 10.0. The quantitative estimate of drug-likeness (QED) is 0.910. The van der Waals surface area contributed by atoms with Crippen LogP contribution in [0, 0.1) is 0 Å². The maximum absolute atomic E-state index is 9.88. The first-order valence-electron chi connectivity index (χ1n) is 6.25. The van der Waals surface area contributed by atoms with E-state index in [0.29, 0.717) is 0 Å². The molecule has 0 saturated carbocycles. The summed E-state index contributed by atoms with van der Waals surface area (Å²) in [7, 11) is 0. The monoisotopic (exact) mass is 313 g/mol. The van der Waals surface area contributed by atoms with Gasteiger partial charge in [-0.15, -0.1) is 0 Å². The van der Waals surface area contributed by atoms with Crippen LogP contribution in [0.3, 0.4) is 0 Å². The van der Waals surface area contributed by atoms with Gasteiger partial charge in [-0.05, 0) is 32.9 Å². The van der Waals surface area contributed by atoms with Crippen molar-refractivity contribution >= 4 is 21.6 Å². The zero-order valence-electron chi connectivity index (χ0n) is 11.1. The molecule has 2 rings (SSSR count). The van der Waals surface area contributed by atoms with Crippen molar-refractivity contribution < 1.29 is 9.84 Å². The normalized spacial score (nSPS) is 20.8. The van der Waals surface area contributed by atoms with Crippen molar-refractivity contribution in [1.82, 2.24) is 0 Å². The van der Waals surface area contributed by atoms with E-state index >= 15 is 0 Å². The summed E-state index contributed by atoms with van der Waals surface area (Å²) >= 11 is 3.50. The van der Waals surface area contributed by atoms with Crippen LogP contribution in [0.4, 0.5) is 5.69 Å². The highest BCUT2D eigenvalue weighted by Gasteiger charge is 2.28. The number of ether oxygens (including phenoxy) is 1. The van der Waals surface area contributed by atoms with E-state index in [-0.39, 0.29) is 5.60 Å². The van der Waals surface area contributed by atoms with Crippen molar-refractivity contribution in [1.29, 1.82) is 0 Å². The Morgan fingerprint density at radius 3 is 2.78 bits per heavy atom. The van der Waals surface area contributed by atoms with Crippen molar-refractivity contribution in [3.05, 3.63) is 28.2 Å². The summed E-state index contributed by atoms with van der Waals surface area (Å²) in [4.78, 5) is 2.29. The van der Waals surface area contributed by atoms with E-state index in [1.165, 1.54) is 0 Å². The van der Waals surface area contributed by atoms with Gasteiger partial charge >= 0.3 is 0 Å². The molecular weight excluding hydrogens is 294 g/mol. The Balaban J connectivity index is 2.34. The highest BCUT2D eigenvalue weighted by atomic mass is 79.9. The molecule has 3 nitrogen and oxygen atoms in total. The van der Waals surface area contributed by atoms with Crippen molar-refractivity contribution in [2.45, 2.75) is 32.5 Å². The Labute approximate surface area is 117 Å². The summed E-state index contributed by atoms with van der Waals surface area (Å²) in [5.74, 6) is 0. The Morgan fingerprint density at radius 2 is 2.17 bits per heavy atom. The fraction of sp³-hybridized carbons (Fsp3) is 0.571. The molecule has 1 aliphatic rings. The van der Waals surface area contributed by atoms with E-state index in [0.717, 1.165) is 35.4 Å². The van der Waals surface area contributed by atoms with Gasteiger partial charge in [0.1, 0.15) is 0 Å². The average molecular weight is 314 g/mol. The minimum absolute atomic E-state index is 0.142. The van der Waals surface area contributed by atoms with E-state index in [1.54, 1.807) is 6.92 Å². The van der Waals surface area contributed by atoms with Gasteiger partial charge in [-0.25, -0.2) is 0 Å². The number of aliphatic hydroxyl groups excluding tert-OH is 1. The molecular formula is C14H20BrNO2. The maximum Gasteiger partial charge on any atom is 0.0801 e. The van der Waals surface area contributed by atoms with Crippen LogP contribution in [0.15, 0.2) is 22.7 Å². The van der Waals surface area contributed by atoms with Crippen LogP contribution in [-0.4, -0.2) is 30.4 Å². The molecule has 0 spiro atoms. The minimum atomic E-state index is -0.459. The van der Waals surface area contributed by atoms with Gasteiger partial charge in [-0.1, -0.05) is 22.0 Å². The van der Waals surface area contributed by atoms with Gasteiger partial charge in [0.05, 0.1) is 18.3 Å². The first-order valence-corrected chi connectivity index (χ1v) is 7.05. The molecule has 0 aromatic heterocycles. The second-order valence-electron chi connectivity index (χ2n) is 5.41. The highest BCUT2D eigenvalue weighted by Crippen LogP contribution is 2.32. The van der Waals surface area contributed by atoms with Gasteiger partial charge in [-0.3, -0.25) is 0 Å². The summed E-state index contributed by atoms with van der Waals surface area (Å²) in [6.07, 6.45) is -0.459. The molecule has 0 bridgehead atoms. The van der Waals surface area contributed by atoms with Crippen LogP contribution in [0.25, 0.3) is 0 Å². The number of aliphatic hydroxyl groups is 1. The summed E-state index contributed by atoms with van der Waals surface area (Å²) in [5.41, 5.74) is 1.92. The molecule has 1 fully saturated rings. The fourth-order valence-electron chi connectivity index (χ4n) is 2.37. The highest BCUT2D eigenvalue weighted by molar-refractivity contribution is 9.10. The molecule has 0 aliphatic carbocycles. The van der Waals surface area contributed by atoms with Crippen LogP contribution in [-0.2, 0) is 4.74 Å². The number of rotatable bonds is 2. The second kappa shape index (κ2) is 5.19. The number of hydrogen-bond acceptors (Lipinski definition) is 3.